The van der Waals surface area contributed by atoms with E-state index in [-0.39, 0.29) is 11.9 Å². The van der Waals surface area contributed by atoms with Crippen LogP contribution < -0.4 is 5.73 Å². The smallest absolute Gasteiger partial charge is 0.124 e. The number of hydrogen-bond donors (Lipinski definition) is 1. The van der Waals surface area contributed by atoms with Crippen molar-refractivity contribution in [1.29, 1.82) is 0 Å². The molecule has 1 atom stereocenters. The molecule has 0 aliphatic rings. The summed E-state index contributed by atoms with van der Waals surface area (Å²) >= 11 is 3.21. The Bertz CT molecular complexity index is 292. The molecule has 0 bridgehead atoms. The normalized spacial score (nSPS) is 12.5. The summed E-state index contributed by atoms with van der Waals surface area (Å²) in [4.78, 5) is 0. The molecule has 1 rings (SSSR count). The van der Waals surface area contributed by atoms with Gasteiger partial charge in [0.2, 0.25) is 0 Å². The van der Waals surface area contributed by atoms with Gasteiger partial charge in [-0.25, -0.2) is 4.39 Å². The predicted octanol–water partition coefficient (Wildman–Crippen LogP) is 3.16. The Labute approximate surface area is 85.6 Å². The Balaban J connectivity index is 2.93. The summed E-state index contributed by atoms with van der Waals surface area (Å²) in [5.41, 5.74) is 6.57. The highest BCUT2D eigenvalue weighted by Gasteiger charge is 2.06. The van der Waals surface area contributed by atoms with Crippen molar-refractivity contribution < 1.29 is 4.39 Å². The minimum atomic E-state index is -0.274. The van der Waals surface area contributed by atoms with Gasteiger partial charge in [-0.3, -0.25) is 0 Å². The Hall–Kier alpha value is -0.670. The van der Waals surface area contributed by atoms with Crippen LogP contribution in [0.5, 0.6) is 0 Å². The maximum atomic E-state index is 12.9. The van der Waals surface area contributed by atoms with Gasteiger partial charge >= 0.3 is 0 Å². The molecule has 2 N–H and O–H groups in total. The van der Waals surface area contributed by atoms with E-state index in [1.165, 1.54) is 12.1 Å². The van der Waals surface area contributed by atoms with Crippen LogP contribution in [0.15, 0.2) is 35.3 Å². The Morgan fingerprint density at radius 3 is 2.77 bits per heavy atom. The zero-order chi connectivity index (χ0) is 9.84. The second-order valence-corrected chi connectivity index (χ2v) is 3.75. The summed E-state index contributed by atoms with van der Waals surface area (Å²) in [6.45, 7) is 3.59. The lowest BCUT2D eigenvalue weighted by molar-refractivity contribution is 0.618. The van der Waals surface area contributed by atoms with E-state index in [2.05, 4.69) is 22.5 Å². The van der Waals surface area contributed by atoms with Crippen molar-refractivity contribution in [3.63, 3.8) is 0 Å². The van der Waals surface area contributed by atoms with Crippen molar-refractivity contribution in [1.82, 2.24) is 0 Å². The molecule has 70 valence electrons. The lowest BCUT2D eigenvalue weighted by atomic mass is 10.1. The number of rotatable bonds is 3. The third kappa shape index (κ3) is 2.94. The van der Waals surface area contributed by atoms with Gasteiger partial charge in [-0.2, -0.15) is 0 Å². The molecule has 0 aliphatic heterocycles. The summed E-state index contributed by atoms with van der Waals surface area (Å²) in [5, 5.41) is 0. The second kappa shape index (κ2) is 4.53. The largest absolute Gasteiger partial charge is 0.324 e. The number of halogens is 2. The fraction of sp³-hybridized carbons (Fsp3) is 0.200. The second-order valence-electron chi connectivity index (χ2n) is 2.83. The third-order valence-corrected chi connectivity index (χ3v) is 2.19. The van der Waals surface area contributed by atoms with E-state index < -0.39 is 0 Å². The van der Waals surface area contributed by atoms with Crippen LogP contribution in [-0.4, -0.2) is 0 Å². The number of hydrogen-bond acceptors (Lipinski definition) is 1. The van der Waals surface area contributed by atoms with E-state index in [1.54, 1.807) is 6.08 Å². The van der Waals surface area contributed by atoms with Crippen molar-refractivity contribution in [2.45, 2.75) is 12.5 Å². The highest BCUT2D eigenvalue weighted by atomic mass is 79.9. The van der Waals surface area contributed by atoms with E-state index in [0.717, 1.165) is 5.56 Å². The van der Waals surface area contributed by atoms with E-state index in [1.807, 2.05) is 6.07 Å². The average Bonchev–Trinajstić information content (AvgIpc) is 2.03. The van der Waals surface area contributed by atoms with E-state index >= 15 is 0 Å². The van der Waals surface area contributed by atoms with Crippen LogP contribution in [-0.2, 0) is 0 Å². The van der Waals surface area contributed by atoms with Gasteiger partial charge in [0.05, 0.1) is 0 Å². The minimum Gasteiger partial charge on any atom is -0.324 e. The first-order valence-electron chi connectivity index (χ1n) is 3.96. The number of benzene rings is 1. The van der Waals surface area contributed by atoms with Gasteiger partial charge in [-0.15, -0.1) is 6.58 Å². The van der Waals surface area contributed by atoms with Gasteiger partial charge in [-0.05, 0) is 30.2 Å². The van der Waals surface area contributed by atoms with E-state index in [0.29, 0.717) is 10.9 Å². The first-order chi connectivity index (χ1) is 6.13. The van der Waals surface area contributed by atoms with Crippen molar-refractivity contribution in [2.24, 2.45) is 5.73 Å². The Morgan fingerprint density at radius 2 is 2.23 bits per heavy atom. The molecule has 0 aromatic heterocycles. The van der Waals surface area contributed by atoms with Crippen molar-refractivity contribution in [2.75, 3.05) is 0 Å². The van der Waals surface area contributed by atoms with Gasteiger partial charge in [-0.1, -0.05) is 22.0 Å². The van der Waals surface area contributed by atoms with Crippen LogP contribution in [0.25, 0.3) is 0 Å². The predicted molar refractivity (Wildman–Crippen MR) is 55.8 cm³/mol. The first kappa shape index (κ1) is 10.4. The molecule has 0 heterocycles. The summed E-state index contributed by atoms with van der Waals surface area (Å²) in [6.07, 6.45) is 2.37. The van der Waals surface area contributed by atoms with Crippen LogP contribution >= 0.6 is 15.9 Å². The van der Waals surface area contributed by atoms with E-state index in [4.69, 9.17) is 5.73 Å². The zero-order valence-corrected chi connectivity index (χ0v) is 8.72. The maximum absolute atomic E-state index is 12.9. The molecule has 0 amide bonds. The zero-order valence-electron chi connectivity index (χ0n) is 7.13. The SMILES string of the molecule is C=CC[C@@H](N)c1cc(F)cc(Br)c1. The van der Waals surface area contributed by atoms with Gasteiger partial charge in [0.1, 0.15) is 5.82 Å². The molecule has 3 heteroatoms. The summed E-state index contributed by atoms with van der Waals surface area (Å²) in [7, 11) is 0. The summed E-state index contributed by atoms with van der Waals surface area (Å²) in [5.74, 6) is -0.274. The minimum absolute atomic E-state index is 0.176. The van der Waals surface area contributed by atoms with Gasteiger partial charge in [0, 0.05) is 10.5 Å². The van der Waals surface area contributed by atoms with Crippen LogP contribution in [0.2, 0.25) is 0 Å². The van der Waals surface area contributed by atoms with Crippen LogP contribution in [0.3, 0.4) is 0 Å². The highest BCUT2D eigenvalue weighted by molar-refractivity contribution is 9.10. The van der Waals surface area contributed by atoms with Crippen LogP contribution in [0.4, 0.5) is 4.39 Å². The van der Waals surface area contributed by atoms with Crippen LogP contribution in [0, 0.1) is 5.82 Å². The number of nitrogens with two attached hydrogens (primary N) is 1. The fourth-order valence-corrected chi connectivity index (χ4v) is 1.59. The molecule has 13 heavy (non-hydrogen) atoms. The third-order valence-electron chi connectivity index (χ3n) is 1.73. The van der Waals surface area contributed by atoms with Crippen LogP contribution in [0.1, 0.15) is 18.0 Å². The highest BCUT2D eigenvalue weighted by Crippen LogP contribution is 2.20. The quantitative estimate of drug-likeness (QED) is 0.812. The molecular weight excluding hydrogens is 233 g/mol. The van der Waals surface area contributed by atoms with Gasteiger partial charge in [0.15, 0.2) is 0 Å². The topological polar surface area (TPSA) is 26.0 Å². The van der Waals surface area contributed by atoms with Crippen molar-refractivity contribution in [3.8, 4) is 0 Å². The lowest BCUT2D eigenvalue weighted by Gasteiger charge is -2.09. The molecule has 0 aliphatic carbocycles. The van der Waals surface area contributed by atoms with E-state index in [9.17, 15) is 4.39 Å². The first-order valence-corrected chi connectivity index (χ1v) is 4.75. The molecule has 0 spiro atoms. The monoisotopic (exact) mass is 243 g/mol. The molecule has 1 aromatic carbocycles. The standard InChI is InChI=1S/C10H11BrFN/c1-2-3-10(13)7-4-8(11)6-9(12)5-7/h2,4-6,10H,1,3,13H2/t10-/m1/s1. The molecule has 0 saturated heterocycles. The molecule has 0 radical (unpaired) electrons. The molecule has 0 unspecified atom stereocenters. The van der Waals surface area contributed by atoms with Crippen molar-refractivity contribution in [3.05, 3.63) is 46.7 Å². The molecule has 0 saturated carbocycles. The average molecular weight is 244 g/mol. The molecule has 0 fully saturated rings. The lowest BCUT2D eigenvalue weighted by Crippen LogP contribution is -2.09. The fourth-order valence-electron chi connectivity index (χ4n) is 1.10. The summed E-state index contributed by atoms with van der Waals surface area (Å²) in [6, 6.07) is 4.49. The van der Waals surface area contributed by atoms with Crippen molar-refractivity contribution >= 4 is 15.9 Å². The molecule has 1 nitrogen and oxygen atoms in total. The molecule has 1 aromatic rings. The van der Waals surface area contributed by atoms with Gasteiger partial charge < -0.3 is 5.73 Å². The Morgan fingerprint density at radius 1 is 1.54 bits per heavy atom. The van der Waals surface area contributed by atoms with Gasteiger partial charge in [0.25, 0.3) is 0 Å². The molecular formula is C10H11BrFN. The maximum Gasteiger partial charge on any atom is 0.124 e. The Kier molecular flexibility index (Phi) is 3.63. The summed E-state index contributed by atoms with van der Waals surface area (Å²) < 4.78 is 13.6.